The molecule has 2 saturated heterocycles. The van der Waals surface area contributed by atoms with Gasteiger partial charge in [-0.2, -0.15) is 0 Å². The highest BCUT2D eigenvalue weighted by molar-refractivity contribution is 5.82. The Hall–Kier alpha value is -0.570. The van der Waals surface area contributed by atoms with E-state index < -0.39 is 0 Å². The zero-order valence-electron chi connectivity index (χ0n) is 12.5. The lowest BCUT2D eigenvalue weighted by Crippen LogP contribution is -2.41. The molecule has 0 bridgehead atoms. The number of likely N-dealkylation sites (tertiary alicyclic amines) is 1. The van der Waals surface area contributed by atoms with Gasteiger partial charge in [-0.05, 0) is 25.8 Å². The molecule has 2 rings (SSSR count). The van der Waals surface area contributed by atoms with Crippen LogP contribution in [0.4, 0.5) is 0 Å². The maximum absolute atomic E-state index is 12.2. The second-order valence-corrected chi connectivity index (χ2v) is 6.21. The van der Waals surface area contributed by atoms with Gasteiger partial charge < -0.3 is 10.2 Å². The lowest BCUT2D eigenvalue weighted by Gasteiger charge is -2.23. The molecule has 0 aromatic carbocycles. The normalized spacial score (nSPS) is 26.8. The second-order valence-electron chi connectivity index (χ2n) is 6.21. The fourth-order valence-corrected chi connectivity index (χ4v) is 3.46. The van der Waals surface area contributed by atoms with Crippen molar-refractivity contribution in [3.63, 3.8) is 0 Å². The third kappa shape index (κ3) is 4.20. The summed E-state index contributed by atoms with van der Waals surface area (Å²) in [6.07, 6.45) is 11.5. The monoisotopic (exact) mass is 266 g/mol. The minimum Gasteiger partial charge on any atom is -0.341 e. The molecule has 3 heteroatoms. The predicted molar refractivity (Wildman–Crippen MR) is 79.1 cm³/mol. The fourth-order valence-electron chi connectivity index (χ4n) is 3.46. The molecule has 1 amide bonds. The van der Waals surface area contributed by atoms with Crippen molar-refractivity contribution >= 4 is 5.91 Å². The van der Waals surface area contributed by atoms with Crippen molar-refractivity contribution < 1.29 is 4.79 Å². The first-order chi connectivity index (χ1) is 9.33. The van der Waals surface area contributed by atoms with E-state index in [9.17, 15) is 4.79 Å². The van der Waals surface area contributed by atoms with Gasteiger partial charge in [-0.1, -0.05) is 45.4 Å². The summed E-state index contributed by atoms with van der Waals surface area (Å²) in [7, 11) is 0. The van der Waals surface area contributed by atoms with Gasteiger partial charge in [-0.25, -0.2) is 0 Å². The summed E-state index contributed by atoms with van der Waals surface area (Å²) in [6, 6.07) is 0.450. The van der Waals surface area contributed by atoms with Crippen LogP contribution in [0.1, 0.15) is 64.7 Å². The molecule has 0 radical (unpaired) electrons. The van der Waals surface area contributed by atoms with Gasteiger partial charge in [0.05, 0.1) is 5.92 Å². The molecule has 0 spiro atoms. The molecule has 3 nitrogen and oxygen atoms in total. The van der Waals surface area contributed by atoms with Crippen LogP contribution in [0, 0.1) is 5.92 Å². The van der Waals surface area contributed by atoms with Crippen molar-refractivity contribution in [3.8, 4) is 0 Å². The number of piperidine rings is 1. The zero-order chi connectivity index (χ0) is 13.5. The first-order valence-electron chi connectivity index (χ1n) is 8.35. The van der Waals surface area contributed by atoms with E-state index >= 15 is 0 Å². The van der Waals surface area contributed by atoms with Gasteiger partial charge in [0.15, 0.2) is 0 Å². The average molecular weight is 266 g/mol. The minimum absolute atomic E-state index is 0.290. The van der Waals surface area contributed by atoms with Gasteiger partial charge in [-0.15, -0.1) is 0 Å². The predicted octanol–water partition coefficient (Wildman–Crippen LogP) is 2.95. The van der Waals surface area contributed by atoms with E-state index in [4.69, 9.17) is 0 Å². The zero-order valence-corrected chi connectivity index (χ0v) is 12.5. The molecule has 0 aromatic rings. The summed E-state index contributed by atoms with van der Waals surface area (Å²) < 4.78 is 0. The Labute approximate surface area is 118 Å². The Morgan fingerprint density at radius 3 is 2.63 bits per heavy atom. The molecule has 2 fully saturated rings. The minimum atomic E-state index is 0.290. The lowest BCUT2D eigenvalue weighted by molar-refractivity contribution is -0.131. The van der Waals surface area contributed by atoms with E-state index in [1.807, 2.05) is 0 Å². The Balaban J connectivity index is 1.57. The molecule has 2 unspecified atom stereocenters. The lowest BCUT2D eigenvalue weighted by atomic mass is 9.94. The summed E-state index contributed by atoms with van der Waals surface area (Å²) in [5.74, 6) is 0.710. The number of fused-ring (bicyclic) bond motifs is 1. The smallest absolute Gasteiger partial charge is 0.227 e. The van der Waals surface area contributed by atoms with Gasteiger partial charge in [0.1, 0.15) is 0 Å². The van der Waals surface area contributed by atoms with Crippen LogP contribution >= 0.6 is 0 Å². The fraction of sp³-hybridized carbons (Fsp3) is 0.938. The van der Waals surface area contributed by atoms with E-state index in [-0.39, 0.29) is 0 Å². The average Bonchev–Trinajstić information content (AvgIpc) is 2.75. The summed E-state index contributed by atoms with van der Waals surface area (Å²) >= 11 is 0. The molecule has 0 saturated carbocycles. The summed E-state index contributed by atoms with van der Waals surface area (Å²) in [5, 5.41) is 3.50. The summed E-state index contributed by atoms with van der Waals surface area (Å²) in [6.45, 7) is 5.30. The van der Waals surface area contributed by atoms with Crippen molar-refractivity contribution in [2.24, 2.45) is 5.92 Å². The number of nitrogens with one attached hydrogen (secondary N) is 1. The van der Waals surface area contributed by atoms with Crippen molar-refractivity contribution in [3.05, 3.63) is 0 Å². The molecule has 0 aromatic heterocycles. The van der Waals surface area contributed by atoms with Gasteiger partial charge >= 0.3 is 0 Å². The third-order valence-electron chi connectivity index (χ3n) is 4.66. The Morgan fingerprint density at radius 1 is 1.16 bits per heavy atom. The van der Waals surface area contributed by atoms with Crippen LogP contribution < -0.4 is 5.32 Å². The Morgan fingerprint density at radius 2 is 1.89 bits per heavy atom. The van der Waals surface area contributed by atoms with Crippen molar-refractivity contribution in [2.45, 2.75) is 70.8 Å². The molecule has 110 valence electrons. The Bertz CT molecular complexity index is 280. The molecule has 2 aliphatic rings. The molecular formula is C16H30N2O. The number of amides is 1. The standard InChI is InChI=1S/C16H30N2O/c1-2-3-4-5-6-7-8-12-18-13-15-14(16(18)19)10-9-11-17-15/h14-15,17H,2-13H2,1H3. The summed E-state index contributed by atoms with van der Waals surface area (Å²) in [4.78, 5) is 14.3. The number of unbranched alkanes of at least 4 members (excludes halogenated alkanes) is 6. The SMILES string of the molecule is CCCCCCCCCN1CC2NCCCC2C1=O. The molecule has 19 heavy (non-hydrogen) atoms. The molecule has 2 aliphatic heterocycles. The molecule has 0 aliphatic carbocycles. The van der Waals surface area contributed by atoms with Crippen molar-refractivity contribution in [1.29, 1.82) is 0 Å². The van der Waals surface area contributed by atoms with Crippen LogP contribution in [-0.2, 0) is 4.79 Å². The first kappa shape index (κ1) is 14.8. The van der Waals surface area contributed by atoms with E-state index in [0.717, 1.165) is 32.5 Å². The van der Waals surface area contributed by atoms with Crippen LogP contribution in [0.5, 0.6) is 0 Å². The number of carbonyl (C=O) groups is 1. The molecule has 2 heterocycles. The van der Waals surface area contributed by atoms with Crippen molar-refractivity contribution in [2.75, 3.05) is 19.6 Å². The number of hydrogen-bond acceptors (Lipinski definition) is 2. The van der Waals surface area contributed by atoms with Gasteiger partial charge in [0.2, 0.25) is 5.91 Å². The number of carbonyl (C=O) groups excluding carboxylic acids is 1. The Kier molecular flexibility index (Phi) is 6.15. The van der Waals surface area contributed by atoms with Crippen LogP contribution in [0.25, 0.3) is 0 Å². The van der Waals surface area contributed by atoms with E-state index in [1.54, 1.807) is 0 Å². The highest BCUT2D eigenvalue weighted by atomic mass is 16.2. The highest BCUT2D eigenvalue weighted by Gasteiger charge is 2.40. The van der Waals surface area contributed by atoms with Gasteiger partial charge in [0, 0.05) is 19.1 Å². The first-order valence-corrected chi connectivity index (χ1v) is 8.35. The molecule has 1 N–H and O–H groups in total. The van der Waals surface area contributed by atoms with Gasteiger partial charge in [-0.3, -0.25) is 4.79 Å². The highest BCUT2D eigenvalue weighted by Crippen LogP contribution is 2.26. The van der Waals surface area contributed by atoms with E-state index in [2.05, 4.69) is 17.1 Å². The van der Waals surface area contributed by atoms with E-state index in [0.29, 0.717) is 17.9 Å². The largest absolute Gasteiger partial charge is 0.341 e. The van der Waals surface area contributed by atoms with Crippen LogP contribution in [0.15, 0.2) is 0 Å². The summed E-state index contributed by atoms with van der Waals surface area (Å²) in [5.41, 5.74) is 0. The quantitative estimate of drug-likeness (QED) is 0.685. The molecular weight excluding hydrogens is 236 g/mol. The number of hydrogen-bond donors (Lipinski definition) is 1. The van der Waals surface area contributed by atoms with Crippen LogP contribution in [0.3, 0.4) is 0 Å². The maximum atomic E-state index is 12.2. The maximum Gasteiger partial charge on any atom is 0.227 e. The van der Waals surface area contributed by atoms with Crippen molar-refractivity contribution in [1.82, 2.24) is 10.2 Å². The van der Waals surface area contributed by atoms with Gasteiger partial charge in [0.25, 0.3) is 0 Å². The molecule has 2 atom stereocenters. The topological polar surface area (TPSA) is 32.3 Å². The van der Waals surface area contributed by atoms with Crippen LogP contribution in [-0.4, -0.2) is 36.5 Å². The van der Waals surface area contributed by atoms with Crippen LogP contribution in [0.2, 0.25) is 0 Å². The van der Waals surface area contributed by atoms with E-state index in [1.165, 1.54) is 44.9 Å². The second kappa shape index (κ2) is 7.88. The number of rotatable bonds is 8. The third-order valence-corrected chi connectivity index (χ3v) is 4.66. The number of nitrogens with zero attached hydrogens (tertiary/aromatic N) is 1.